The third-order valence-electron chi connectivity index (χ3n) is 5.04. The summed E-state index contributed by atoms with van der Waals surface area (Å²) in [4.78, 5) is 30.3. The van der Waals surface area contributed by atoms with Crippen LogP contribution in [0.5, 0.6) is 0 Å². The molecular weight excluding hydrogens is 354 g/mol. The van der Waals surface area contributed by atoms with E-state index >= 15 is 0 Å². The molecule has 7 nitrogen and oxygen atoms in total. The minimum atomic E-state index is -0.423. The number of nitrogens with one attached hydrogen (secondary N) is 1. The van der Waals surface area contributed by atoms with Crippen LogP contribution in [0.3, 0.4) is 0 Å². The maximum Gasteiger partial charge on any atom is 0.271 e. The molecular formula is C21H21N5O2. The first-order valence-electron chi connectivity index (χ1n) is 9.25. The summed E-state index contributed by atoms with van der Waals surface area (Å²) < 4.78 is 0. The van der Waals surface area contributed by atoms with Crippen molar-refractivity contribution in [3.63, 3.8) is 0 Å². The van der Waals surface area contributed by atoms with Crippen LogP contribution in [-0.2, 0) is 6.42 Å². The number of pyridine rings is 1. The number of hydrogen-bond donors (Lipinski definition) is 2. The van der Waals surface area contributed by atoms with Crippen LogP contribution >= 0.6 is 0 Å². The molecule has 3 heterocycles. The molecule has 1 fully saturated rings. The lowest BCUT2D eigenvalue weighted by Gasteiger charge is -2.15. The Morgan fingerprint density at radius 3 is 2.82 bits per heavy atom. The molecule has 1 atom stereocenters. The van der Waals surface area contributed by atoms with Crippen molar-refractivity contribution >= 4 is 11.8 Å². The molecule has 0 spiro atoms. The van der Waals surface area contributed by atoms with Crippen molar-refractivity contribution in [1.82, 2.24) is 20.1 Å². The number of hydrogen-bond acceptors (Lipinski definition) is 4. The summed E-state index contributed by atoms with van der Waals surface area (Å²) in [6, 6.07) is 14.7. The summed E-state index contributed by atoms with van der Waals surface area (Å²) in [6.45, 7) is 1.38. The molecule has 2 amide bonds. The van der Waals surface area contributed by atoms with E-state index < -0.39 is 5.91 Å². The SMILES string of the molecule is NC(=O)c1cccc(C[C@@H]2CCN(C(=O)c3cc(-c4ccccn4)n[nH]3)C2)c1. The fourth-order valence-corrected chi connectivity index (χ4v) is 3.62. The molecule has 4 rings (SSSR count). The number of aromatic amines is 1. The first-order valence-corrected chi connectivity index (χ1v) is 9.25. The fourth-order valence-electron chi connectivity index (χ4n) is 3.62. The maximum atomic E-state index is 12.8. The van der Waals surface area contributed by atoms with E-state index in [2.05, 4.69) is 15.2 Å². The van der Waals surface area contributed by atoms with E-state index in [0.29, 0.717) is 36.0 Å². The van der Waals surface area contributed by atoms with Gasteiger partial charge in [-0.05, 0) is 54.7 Å². The molecule has 1 saturated heterocycles. The van der Waals surface area contributed by atoms with Gasteiger partial charge in [-0.25, -0.2) is 0 Å². The number of nitrogens with two attached hydrogens (primary N) is 1. The highest BCUT2D eigenvalue weighted by molar-refractivity contribution is 5.93. The third kappa shape index (κ3) is 3.78. The number of likely N-dealkylation sites (tertiary alicyclic amines) is 1. The second kappa shape index (κ2) is 7.64. The van der Waals surface area contributed by atoms with Gasteiger partial charge >= 0.3 is 0 Å². The van der Waals surface area contributed by atoms with Crippen LogP contribution in [0, 0.1) is 5.92 Å². The second-order valence-electron chi connectivity index (χ2n) is 7.06. The number of amides is 2. The fraction of sp³-hybridized carbons (Fsp3) is 0.238. The van der Waals surface area contributed by atoms with E-state index in [1.807, 2.05) is 41.3 Å². The number of nitrogens with zero attached hydrogens (tertiary/aromatic N) is 3. The Kier molecular flexibility index (Phi) is 4.89. The molecule has 7 heteroatoms. The Hall–Kier alpha value is -3.48. The lowest BCUT2D eigenvalue weighted by molar-refractivity contribution is 0.0781. The number of rotatable bonds is 5. The smallest absolute Gasteiger partial charge is 0.271 e. The summed E-state index contributed by atoms with van der Waals surface area (Å²) in [5, 5.41) is 7.05. The van der Waals surface area contributed by atoms with Gasteiger partial charge in [0.1, 0.15) is 11.4 Å². The van der Waals surface area contributed by atoms with Crippen molar-refractivity contribution in [2.24, 2.45) is 11.7 Å². The lowest BCUT2D eigenvalue weighted by atomic mass is 9.97. The minimum absolute atomic E-state index is 0.0527. The van der Waals surface area contributed by atoms with Crippen molar-refractivity contribution in [2.45, 2.75) is 12.8 Å². The van der Waals surface area contributed by atoms with E-state index in [0.717, 1.165) is 24.1 Å². The van der Waals surface area contributed by atoms with Gasteiger partial charge in [0.05, 0.1) is 5.69 Å². The molecule has 1 aromatic carbocycles. The highest BCUT2D eigenvalue weighted by Crippen LogP contribution is 2.23. The van der Waals surface area contributed by atoms with Crippen LogP contribution in [-0.4, -0.2) is 45.0 Å². The molecule has 0 bridgehead atoms. The Morgan fingerprint density at radius 1 is 1.14 bits per heavy atom. The first-order chi connectivity index (χ1) is 13.6. The highest BCUT2D eigenvalue weighted by Gasteiger charge is 2.28. The lowest BCUT2D eigenvalue weighted by Crippen LogP contribution is -2.29. The summed E-state index contributed by atoms with van der Waals surface area (Å²) in [7, 11) is 0. The van der Waals surface area contributed by atoms with Gasteiger partial charge in [-0.15, -0.1) is 0 Å². The van der Waals surface area contributed by atoms with Gasteiger partial charge in [0.15, 0.2) is 0 Å². The van der Waals surface area contributed by atoms with Crippen molar-refractivity contribution in [1.29, 1.82) is 0 Å². The van der Waals surface area contributed by atoms with E-state index in [1.165, 1.54) is 0 Å². The zero-order chi connectivity index (χ0) is 19.5. The Morgan fingerprint density at radius 2 is 2.04 bits per heavy atom. The normalized spacial score (nSPS) is 16.3. The van der Waals surface area contributed by atoms with Crippen molar-refractivity contribution in [2.75, 3.05) is 13.1 Å². The van der Waals surface area contributed by atoms with Gasteiger partial charge in [0.2, 0.25) is 5.91 Å². The van der Waals surface area contributed by atoms with E-state index in [4.69, 9.17) is 5.73 Å². The summed E-state index contributed by atoms with van der Waals surface area (Å²) in [5.74, 6) is -0.124. The summed E-state index contributed by atoms with van der Waals surface area (Å²) in [5.41, 5.74) is 8.79. The monoisotopic (exact) mass is 375 g/mol. The highest BCUT2D eigenvalue weighted by atomic mass is 16.2. The molecule has 1 aliphatic heterocycles. The van der Waals surface area contributed by atoms with Crippen molar-refractivity contribution in [3.8, 4) is 11.4 Å². The Bertz CT molecular complexity index is 999. The molecule has 28 heavy (non-hydrogen) atoms. The van der Waals surface area contributed by atoms with E-state index in [-0.39, 0.29) is 5.91 Å². The quantitative estimate of drug-likeness (QED) is 0.714. The van der Waals surface area contributed by atoms with Gasteiger partial charge < -0.3 is 10.6 Å². The molecule has 1 aliphatic rings. The Balaban J connectivity index is 1.40. The average molecular weight is 375 g/mol. The molecule has 0 unspecified atom stereocenters. The predicted octanol–water partition coefficient (Wildman–Crippen LogP) is 2.28. The van der Waals surface area contributed by atoms with Gasteiger partial charge in [-0.3, -0.25) is 19.7 Å². The summed E-state index contributed by atoms with van der Waals surface area (Å²) >= 11 is 0. The minimum Gasteiger partial charge on any atom is -0.366 e. The largest absolute Gasteiger partial charge is 0.366 e. The standard InChI is InChI=1S/C21H21N5O2/c22-20(27)16-5-3-4-14(11-16)10-15-7-9-26(13-15)21(28)19-12-18(24-25-19)17-6-1-2-8-23-17/h1-6,8,11-12,15H,7,9-10,13H2,(H2,22,27)(H,24,25)/t15-/m0/s1. The zero-order valence-electron chi connectivity index (χ0n) is 15.3. The predicted molar refractivity (Wildman–Crippen MR) is 104 cm³/mol. The van der Waals surface area contributed by atoms with Crippen LogP contribution in [0.4, 0.5) is 0 Å². The topological polar surface area (TPSA) is 105 Å². The average Bonchev–Trinajstić information content (AvgIpc) is 3.38. The van der Waals surface area contributed by atoms with Crippen molar-refractivity contribution < 1.29 is 9.59 Å². The molecule has 0 radical (unpaired) electrons. The molecule has 2 aromatic heterocycles. The van der Waals surface area contributed by atoms with Crippen LogP contribution < -0.4 is 5.73 Å². The molecule has 142 valence electrons. The number of carbonyl (C=O) groups is 2. The summed E-state index contributed by atoms with van der Waals surface area (Å²) in [6.07, 6.45) is 3.44. The van der Waals surface area contributed by atoms with Crippen molar-refractivity contribution in [3.05, 3.63) is 71.5 Å². The number of benzene rings is 1. The number of H-pyrrole nitrogens is 1. The van der Waals surface area contributed by atoms with Gasteiger partial charge in [-0.2, -0.15) is 5.10 Å². The number of aromatic nitrogens is 3. The first kappa shape index (κ1) is 17.9. The molecule has 3 N–H and O–H groups in total. The zero-order valence-corrected chi connectivity index (χ0v) is 15.3. The van der Waals surface area contributed by atoms with Crippen LogP contribution in [0.25, 0.3) is 11.4 Å². The van der Waals surface area contributed by atoms with E-state index in [9.17, 15) is 9.59 Å². The number of primary amides is 1. The third-order valence-corrected chi connectivity index (χ3v) is 5.04. The van der Waals surface area contributed by atoms with Crippen LogP contribution in [0.2, 0.25) is 0 Å². The molecule has 3 aromatic rings. The van der Waals surface area contributed by atoms with Crippen LogP contribution in [0.15, 0.2) is 54.7 Å². The second-order valence-corrected chi connectivity index (χ2v) is 7.06. The number of carbonyl (C=O) groups excluding carboxylic acids is 2. The maximum absolute atomic E-state index is 12.8. The molecule has 0 saturated carbocycles. The van der Waals surface area contributed by atoms with Gasteiger partial charge in [-0.1, -0.05) is 18.2 Å². The van der Waals surface area contributed by atoms with E-state index in [1.54, 1.807) is 18.3 Å². The Labute approximate surface area is 162 Å². The van der Waals surface area contributed by atoms with Gasteiger partial charge in [0, 0.05) is 24.8 Å². The van der Waals surface area contributed by atoms with Crippen LogP contribution in [0.1, 0.15) is 32.8 Å². The van der Waals surface area contributed by atoms with Gasteiger partial charge in [0.25, 0.3) is 5.91 Å². The molecule has 0 aliphatic carbocycles.